The highest BCUT2D eigenvalue weighted by molar-refractivity contribution is 9.10. The highest BCUT2D eigenvalue weighted by Crippen LogP contribution is 2.38. The summed E-state index contributed by atoms with van der Waals surface area (Å²) < 4.78 is 0.717. The van der Waals surface area contributed by atoms with Crippen molar-refractivity contribution < 1.29 is 5.11 Å². The Labute approximate surface area is 131 Å². The molecule has 0 saturated carbocycles. The number of H-pyrrole nitrogens is 2. The first-order valence-corrected chi connectivity index (χ1v) is 7.85. The summed E-state index contributed by atoms with van der Waals surface area (Å²) in [5, 5.41) is 13.0. The van der Waals surface area contributed by atoms with Crippen molar-refractivity contribution in [2.45, 2.75) is 13.0 Å². The molecular weight excluding hydrogens is 364 g/mol. The van der Waals surface area contributed by atoms with Gasteiger partial charge in [-0.15, -0.1) is 11.3 Å². The van der Waals surface area contributed by atoms with E-state index >= 15 is 0 Å². The molecule has 0 fully saturated rings. The van der Waals surface area contributed by atoms with Gasteiger partial charge in [-0.3, -0.25) is 0 Å². The first kappa shape index (κ1) is 13.9. The second-order valence-electron chi connectivity index (χ2n) is 4.50. The zero-order valence-electron chi connectivity index (χ0n) is 10.3. The Morgan fingerprint density at radius 2 is 2.00 bits per heavy atom. The van der Waals surface area contributed by atoms with Crippen LogP contribution in [0.3, 0.4) is 0 Å². The minimum atomic E-state index is -0.835. The number of halogens is 2. The molecule has 0 radical (unpaired) electrons. The third-order valence-corrected chi connectivity index (χ3v) is 5.55. The van der Waals surface area contributed by atoms with E-state index in [-0.39, 0.29) is 5.69 Å². The molecule has 2 aromatic heterocycles. The average Bonchev–Trinajstić information content (AvgIpc) is 2.91. The Kier molecular flexibility index (Phi) is 3.50. The van der Waals surface area contributed by atoms with Crippen LogP contribution in [0.15, 0.2) is 26.8 Å². The zero-order chi connectivity index (χ0) is 14.4. The number of thiophene rings is 1. The molecule has 0 saturated heterocycles. The van der Waals surface area contributed by atoms with Crippen molar-refractivity contribution in [1.82, 2.24) is 9.97 Å². The van der Waals surface area contributed by atoms with E-state index in [0.29, 0.717) is 26.5 Å². The fourth-order valence-corrected chi connectivity index (χ4v) is 3.92. The van der Waals surface area contributed by atoms with E-state index in [4.69, 9.17) is 11.6 Å². The number of aryl methyl sites for hydroxylation is 1. The van der Waals surface area contributed by atoms with Crippen LogP contribution in [0.4, 0.5) is 0 Å². The number of imidazole rings is 1. The molecule has 3 N–H and O–H groups in total. The van der Waals surface area contributed by atoms with Gasteiger partial charge in [-0.25, -0.2) is 4.79 Å². The second-order valence-corrected chi connectivity index (χ2v) is 6.64. The molecule has 4 nitrogen and oxygen atoms in total. The summed E-state index contributed by atoms with van der Waals surface area (Å²) >= 11 is 11.0. The number of aromatic nitrogens is 2. The Bertz CT molecular complexity index is 852. The summed E-state index contributed by atoms with van der Waals surface area (Å²) in [6.07, 6.45) is -0.835. The van der Waals surface area contributed by atoms with Crippen LogP contribution in [0.5, 0.6) is 0 Å². The first-order chi connectivity index (χ1) is 9.47. The second kappa shape index (κ2) is 5.04. The molecule has 0 spiro atoms. The highest BCUT2D eigenvalue weighted by atomic mass is 79.9. The molecule has 7 heteroatoms. The number of aliphatic hydroxyl groups excluding tert-OH is 1. The van der Waals surface area contributed by atoms with Crippen LogP contribution in [0.1, 0.15) is 22.1 Å². The molecule has 1 unspecified atom stereocenters. The van der Waals surface area contributed by atoms with Crippen LogP contribution in [-0.4, -0.2) is 15.1 Å². The molecule has 1 atom stereocenters. The minimum Gasteiger partial charge on any atom is -0.383 e. The number of benzene rings is 1. The van der Waals surface area contributed by atoms with Crippen LogP contribution in [0.2, 0.25) is 5.02 Å². The van der Waals surface area contributed by atoms with Gasteiger partial charge in [0.25, 0.3) is 0 Å². The molecule has 0 amide bonds. The SMILES string of the molecule is Cc1csc(C(O)c2cc3[nH]c(=O)[nH]c3cc2Br)c1Cl. The molecule has 3 rings (SSSR count). The smallest absolute Gasteiger partial charge is 0.323 e. The molecule has 0 aliphatic rings. The summed E-state index contributed by atoms with van der Waals surface area (Å²) in [7, 11) is 0. The fraction of sp³-hybridized carbons (Fsp3) is 0.154. The van der Waals surface area contributed by atoms with Crippen molar-refractivity contribution in [3.05, 3.63) is 53.5 Å². The number of aromatic amines is 2. The van der Waals surface area contributed by atoms with Crippen LogP contribution in [0, 0.1) is 6.92 Å². The van der Waals surface area contributed by atoms with Gasteiger partial charge in [0.1, 0.15) is 6.10 Å². The Hall–Kier alpha value is -1.08. The fourth-order valence-electron chi connectivity index (χ4n) is 2.06. The number of rotatable bonds is 2. The van der Waals surface area contributed by atoms with Gasteiger partial charge in [0.15, 0.2) is 0 Å². The number of nitrogens with one attached hydrogen (secondary N) is 2. The van der Waals surface area contributed by atoms with Crippen molar-refractivity contribution >= 4 is 49.9 Å². The predicted molar refractivity (Wildman–Crippen MR) is 84.7 cm³/mol. The van der Waals surface area contributed by atoms with Crippen LogP contribution in [-0.2, 0) is 0 Å². The lowest BCUT2D eigenvalue weighted by Gasteiger charge is -2.12. The van der Waals surface area contributed by atoms with Gasteiger partial charge in [-0.05, 0) is 30.0 Å². The zero-order valence-corrected chi connectivity index (χ0v) is 13.5. The van der Waals surface area contributed by atoms with Gasteiger partial charge in [0, 0.05) is 10.0 Å². The van der Waals surface area contributed by atoms with Crippen molar-refractivity contribution in [1.29, 1.82) is 0 Å². The van der Waals surface area contributed by atoms with Gasteiger partial charge < -0.3 is 15.1 Å². The molecule has 1 aromatic carbocycles. The molecule has 0 aliphatic heterocycles. The lowest BCUT2D eigenvalue weighted by atomic mass is 10.1. The van der Waals surface area contributed by atoms with Crippen molar-refractivity contribution in [2.24, 2.45) is 0 Å². The third kappa shape index (κ3) is 2.22. The summed E-state index contributed by atoms with van der Waals surface area (Å²) in [5.74, 6) is 0. The van der Waals surface area contributed by atoms with E-state index in [1.807, 2.05) is 12.3 Å². The third-order valence-electron chi connectivity index (χ3n) is 3.10. The molecule has 0 aliphatic carbocycles. The molecule has 20 heavy (non-hydrogen) atoms. The maximum Gasteiger partial charge on any atom is 0.323 e. The van der Waals surface area contributed by atoms with Gasteiger partial charge in [0.05, 0.1) is 20.9 Å². The molecular formula is C13H10BrClN2O2S. The van der Waals surface area contributed by atoms with Crippen LogP contribution < -0.4 is 5.69 Å². The van der Waals surface area contributed by atoms with Gasteiger partial charge >= 0.3 is 5.69 Å². The molecule has 0 bridgehead atoms. The van der Waals surface area contributed by atoms with Gasteiger partial charge in [-0.2, -0.15) is 0 Å². The van der Waals surface area contributed by atoms with E-state index in [2.05, 4.69) is 25.9 Å². The minimum absolute atomic E-state index is 0.274. The average molecular weight is 374 g/mol. The number of fused-ring (bicyclic) bond motifs is 1. The Morgan fingerprint density at radius 3 is 2.60 bits per heavy atom. The predicted octanol–water partition coefficient (Wildman–Crippen LogP) is 3.72. The summed E-state index contributed by atoms with van der Waals surface area (Å²) in [6, 6.07) is 3.51. The normalized spacial score (nSPS) is 13.0. The first-order valence-electron chi connectivity index (χ1n) is 5.80. The Balaban J connectivity index is 2.15. The largest absolute Gasteiger partial charge is 0.383 e. The van der Waals surface area contributed by atoms with Gasteiger partial charge in [-0.1, -0.05) is 27.5 Å². The van der Waals surface area contributed by atoms with Crippen LogP contribution >= 0.6 is 38.9 Å². The van der Waals surface area contributed by atoms with Gasteiger partial charge in [0.2, 0.25) is 0 Å². The van der Waals surface area contributed by atoms with E-state index in [1.165, 1.54) is 11.3 Å². The summed E-state index contributed by atoms with van der Waals surface area (Å²) in [5.41, 5.74) is 2.67. The summed E-state index contributed by atoms with van der Waals surface area (Å²) in [4.78, 5) is 17.4. The van der Waals surface area contributed by atoms with E-state index in [0.717, 1.165) is 10.0 Å². The lowest BCUT2D eigenvalue weighted by Crippen LogP contribution is -2.00. The Morgan fingerprint density at radius 1 is 1.35 bits per heavy atom. The number of aliphatic hydroxyl groups is 1. The number of hydrogen-bond acceptors (Lipinski definition) is 3. The van der Waals surface area contributed by atoms with E-state index < -0.39 is 6.10 Å². The molecule has 3 aromatic rings. The monoisotopic (exact) mass is 372 g/mol. The van der Waals surface area contributed by atoms with Crippen molar-refractivity contribution in [3.8, 4) is 0 Å². The quantitative estimate of drug-likeness (QED) is 0.641. The standard InChI is InChI=1S/C13H10BrClN2O2S/c1-5-4-20-12(10(5)15)11(18)6-2-8-9(3-7(6)14)17-13(19)16-8/h2-4,11,18H,1H3,(H2,16,17,19). The number of hydrogen-bond donors (Lipinski definition) is 3. The summed E-state index contributed by atoms with van der Waals surface area (Å²) in [6.45, 7) is 1.90. The van der Waals surface area contributed by atoms with E-state index in [1.54, 1.807) is 12.1 Å². The highest BCUT2D eigenvalue weighted by Gasteiger charge is 2.20. The molecule has 104 valence electrons. The molecule has 2 heterocycles. The maximum absolute atomic E-state index is 11.3. The van der Waals surface area contributed by atoms with Crippen LogP contribution in [0.25, 0.3) is 11.0 Å². The topological polar surface area (TPSA) is 68.9 Å². The lowest BCUT2D eigenvalue weighted by molar-refractivity contribution is 0.223. The van der Waals surface area contributed by atoms with E-state index in [9.17, 15) is 9.90 Å². The maximum atomic E-state index is 11.3. The van der Waals surface area contributed by atoms with Crippen molar-refractivity contribution in [3.63, 3.8) is 0 Å². The van der Waals surface area contributed by atoms with Crippen molar-refractivity contribution in [2.75, 3.05) is 0 Å².